The number of fused-ring (bicyclic) bond motifs is 18. The third-order valence-electron chi connectivity index (χ3n) is 27.1. The van der Waals surface area contributed by atoms with E-state index in [1.165, 1.54) is 0 Å². The van der Waals surface area contributed by atoms with E-state index in [1.807, 2.05) is 72.8 Å². The molecule has 6 heterocycles. The number of nitrogens with zero attached hydrogens (tertiary/aromatic N) is 4. The fraction of sp³-hybridized carbons (Fsp3) is 0. The van der Waals surface area contributed by atoms with Crippen LogP contribution in [0.5, 0.6) is 0 Å². The predicted molar refractivity (Wildman–Crippen MR) is 561 cm³/mol. The van der Waals surface area contributed by atoms with Gasteiger partial charge in [0.05, 0.1) is 0 Å². The standard InChI is InChI=1S/C126H78N4O6/c1-7-28-115-103(16-1)109-73-46-85(76-121(109)131-115)79-34-49-88(50-35-79)127(91-55-40-82(41-56-91)100-22-13-25-112-106-19-4-10-31-118(106)134-124(100)112)94-61-67-97(68-62-94)130(98-69-63-95(64-70-98)128(89-51-36-80(37-52-89)86-47-74-110-104-17-2-8-29-116(104)132-122(110)77-86)92-57-42-83(43-58-92)101-23-14-26-113-107-20-5-11-32-119(107)135-125(101)113)99-71-65-96(66-72-99)129(90-53-38-81(39-54-90)87-48-75-111-105-18-3-9-30-117(105)133-123(111)78-87)93-59-44-84(45-60-93)102-24-15-27-114-108-21-6-12-33-120(108)136-126(102)114/h1-78H. The van der Waals surface area contributed by atoms with Crippen LogP contribution < -0.4 is 19.6 Å². The molecular weight excluding hydrogens is 1670 g/mol. The Morgan fingerprint density at radius 3 is 0.493 bits per heavy atom. The summed E-state index contributed by atoms with van der Waals surface area (Å²) >= 11 is 0. The lowest BCUT2D eigenvalue weighted by Gasteiger charge is -2.30. The summed E-state index contributed by atoms with van der Waals surface area (Å²) in [4.78, 5) is 9.38. The van der Waals surface area contributed by atoms with E-state index in [0.717, 1.165) is 267 Å². The normalized spacial score (nSPS) is 11.8. The Balaban J connectivity index is 0.589. The molecule has 0 atom stereocenters. The first-order valence-electron chi connectivity index (χ1n) is 45.9. The fourth-order valence-electron chi connectivity index (χ4n) is 20.5. The summed E-state index contributed by atoms with van der Waals surface area (Å²) in [5.74, 6) is 0. The Labute approximate surface area is 780 Å². The number of para-hydroxylation sites is 9. The minimum absolute atomic E-state index is 0.854. The van der Waals surface area contributed by atoms with Gasteiger partial charge in [0.25, 0.3) is 0 Å². The molecule has 0 fully saturated rings. The van der Waals surface area contributed by atoms with E-state index >= 15 is 0 Å². The van der Waals surface area contributed by atoms with E-state index in [1.54, 1.807) is 0 Å². The highest BCUT2D eigenvalue weighted by Gasteiger charge is 2.25. The molecule has 0 aliphatic heterocycles. The molecule has 136 heavy (non-hydrogen) atoms. The van der Waals surface area contributed by atoms with E-state index in [9.17, 15) is 0 Å². The van der Waals surface area contributed by atoms with Crippen molar-refractivity contribution in [1.82, 2.24) is 0 Å². The van der Waals surface area contributed by atoms with Gasteiger partial charge in [0.1, 0.15) is 67.0 Å². The van der Waals surface area contributed by atoms with Crippen molar-refractivity contribution in [1.29, 1.82) is 0 Å². The van der Waals surface area contributed by atoms with Crippen molar-refractivity contribution < 1.29 is 26.5 Å². The molecule has 10 nitrogen and oxygen atoms in total. The molecule has 0 amide bonds. The summed E-state index contributed by atoms with van der Waals surface area (Å²) in [6, 6.07) is 169. The fourth-order valence-corrected chi connectivity index (χ4v) is 20.5. The van der Waals surface area contributed by atoms with Crippen LogP contribution in [-0.2, 0) is 0 Å². The second kappa shape index (κ2) is 31.7. The number of rotatable bonds is 18. The maximum absolute atomic E-state index is 6.64. The third kappa shape index (κ3) is 13.2. The van der Waals surface area contributed by atoms with Gasteiger partial charge in [-0.3, -0.25) is 0 Å². The van der Waals surface area contributed by atoms with Gasteiger partial charge in [-0.15, -0.1) is 0 Å². The van der Waals surface area contributed by atoms with Gasteiger partial charge < -0.3 is 46.1 Å². The Morgan fingerprint density at radius 2 is 0.272 bits per heavy atom. The number of hydrogen-bond donors (Lipinski definition) is 0. The zero-order valence-corrected chi connectivity index (χ0v) is 73.3. The molecule has 0 radical (unpaired) electrons. The van der Waals surface area contributed by atoms with E-state index in [2.05, 4.69) is 420 Å². The van der Waals surface area contributed by atoms with Gasteiger partial charge in [0.15, 0.2) is 0 Å². The zero-order valence-electron chi connectivity index (χ0n) is 73.3. The Hall–Kier alpha value is -18.4. The number of hydrogen-bond acceptors (Lipinski definition) is 10. The van der Waals surface area contributed by atoms with Crippen LogP contribution >= 0.6 is 0 Å². The molecule has 21 aromatic carbocycles. The third-order valence-corrected chi connectivity index (χ3v) is 27.1. The average molecular weight is 1740 g/mol. The molecule has 27 rings (SSSR count). The van der Waals surface area contributed by atoms with E-state index in [-0.39, 0.29) is 0 Å². The summed E-state index contributed by atoms with van der Waals surface area (Å²) in [7, 11) is 0. The Bertz CT molecular complexity index is 8470. The number of furan rings is 6. The molecular formula is C126H78N4O6. The van der Waals surface area contributed by atoms with Gasteiger partial charge in [-0.25, -0.2) is 0 Å². The lowest BCUT2D eigenvalue weighted by Crippen LogP contribution is -2.14. The summed E-state index contributed by atoms with van der Waals surface area (Å²) in [5.41, 5.74) is 34.7. The largest absolute Gasteiger partial charge is 0.456 e. The summed E-state index contributed by atoms with van der Waals surface area (Å²) in [5, 5.41) is 13.1. The van der Waals surface area contributed by atoms with Crippen molar-refractivity contribution in [2.45, 2.75) is 0 Å². The molecule has 0 N–H and O–H groups in total. The zero-order chi connectivity index (χ0) is 89.4. The van der Waals surface area contributed by atoms with Crippen LogP contribution in [0.1, 0.15) is 0 Å². The number of anilines is 12. The van der Waals surface area contributed by atoms with Crippen LogP contribution in [-0.4, -0.2) is 0 Å². The van der Waals surface area contributed by atoms with Crippen LogP contribution in [0.15, 0.2) is 500 Å². The smallest absolute Gasteiger partial charge is 0.143 e. The first-order chi connectivity index (χ1) is 67.3. The molecule has 10 heteroatoms. The van der Waals surface area contributed by atoms with Crippen LogP contribution in [0, 0.1) is 0 Å². The molecule has 0 aliphatic rings. The Kier molecular flexibility index (Phi) is 18.1. The van der Waals surface area contributed by atoms with Gasteiger partial charge in [-0.05, 0) is 268 Å². The van der Waals surface area contributed by atoms with E-state index in [4.69, 9.17) is 26.5 Å². The summed E-state index contributed by atoms with van der Waals surface area (Å²) in [6.07, 6.45) is 0. The minimum Gasteiger partial charge on any atom is -0.456 e. The van der Waals surface area contributed by atoms with Crippen molar-refractivity contribution in [3.05, 3.63) is 473 Å². The average Bonchev–Trinajstić information content (AvgIpc) is 1.77. The maximum atomic E-state index is 6.64. The van der Waals surface area contributed by atoms with Crippen molar-refractivity contribution in [3.63, 3.8) is 0 Å². The van der Waals surface area contributed by atoms with Gasteiger partial charge in [0.2, 0.25) is 0 Å². The first kappa shape index (κ1) is 77.6. The molecule has 638 valence electrons. The van der Waals surface area contributed by atoms with Gasteiger partial charge in [-0.1, -0.05) is 255 Å². The lowest BCUT2D eigenvalue weighted by atomic mass is 10.0. The molecule has 0 aliphatic carbocycles. The SMILES string of the molecule is c1ccc2c(c1)oc1cc(-c3ccc(N(c4ccc(-c5cccc6c5oc5ccccc56)cc4)c4ccc(N(c5ccc(N(c6ccc(-c7ccc8c(c7)oc7ccccc78)cc6)c6ccc(-c7cccc8c7oc7ccccc78)cc6)cc5)c5ccc(N(c6ccc(-c7ccc8c(c7)oc7ccccc78)cc6)c6ccc(-c7cccc8c7oc7ccccc78)cc6)cc5)cc4)cc3)ccc12. The van der Waals surface area contributed by atoms with Crippen molar-refractivity contribution >= 4 is 200 Å². The van der Waals surface area contributed by atoms with E-state index in [0.29, 0.717) is 0 Å². The molecule has 6 aromatic heterocycles. The molecule has 0 bridgehead atoms. The maximum Gasteiger partial charge on any atom is 0.143 e. The highest BCUT2D eigenvalue weighted by atomic mass is 16.3. The topological polar surface area (TPSA) is 91.8 Å². The van der Waals surface area contributed by atoms with Crippen LogP contribution in [0.25, 0.3) is 198 Å². The predicted octanol–water partition coefficient (Wildman–Crippen LogP) is 37.0. The highest BCUT2D eigenvalue weighted by molar-refractivity contribution is 6.14. The Morgan fingerprint density at radius 1 is 0.110 bits per heavy atom. The second-order valence-electron chi connectivity index (χ2n) is 34.9. The van der Waals surface area contributed by atoms with Gasteiger partial charge >= 0.3 is 0 Å². The molecule has 0 saturated carbocycles. The lowest BCUT2D eigenvalue weighted by molar-refractivity contribution is 0.668. The van der Waals surface area contributed by atoms with Gasteiger partial charge in [0, 0.05) is 150 Å². The molecule has 27 aromatic rings. The molecule has 0 saturated heterocycles. The summed E-state index contributed by atoms with van der Waals surface area (Å²) in [6.45, 7) is 0. The van der Waals surface area contributed by atoms with Crippen LogP contribution in [0.3, 0.4) is 0 Å². The molecule has 0 spiro atoms. The first-order valence-corrected chi connectivity index (χ1v) is 45.9. The number of benzene rings is 21. The molecule has 0 unspecified atom stereocenters. The van der Waals surface area contributed by atoms with Crippen molar-refractivity contribution in [2.24, 2.45) is 0 Å². The second-order valence-corrected chi connectivity index (χ2v) is 34.9. The highest BCUT2D eigenvalue weighted by Crippen LogP contribution is 2.49. The minimum atomic E-state index is 0.854. The van der Waals surface area contributed by atoms with Crippen LogP contribution in [0.4, 0.5) is 68.2 Å². The van der Waals surface area contributed by atoms with E-state index < -0.39 is 0 Å². The monoisotopic (exact) mass is 1740 g/mol. The van der Waals surface area contributed by atoms with Crippen molar-refractivity contribution in [2.75, 3.05) is 19.6 Å². The van der Waals surface area contributed by atoms with Crippen molar-refractivity contribution in [3.8, 4) is 66.8 Å². The quantitative estimate of drug-likeness (QED) is 0.0827. The van der Waals surface area contributed by atoms with Crippen LogP contribution in [0.2, 0.25) is 0 Å². The summed E-state index contributed by atoms with van der Waals surface area (Å²) < 4.78 is 39.2. The van der Waals surface area contributed by atoms with Gasteiger partial charge in [-0.2, -0.15) is 0 Å².